The number of hydrogen-bond donors (Lipinski definition) is 0. The Bertz CT molecular complexity index is 475. The molecule has 0 aliphatic rings. The number of benzene rings is 1. The van der Waals surface area contributed by atoms with E-state index in [9.17, 15) is 4.79 Å². The van der Waals surface area contributed by atoms with Gasteiger partial charge in [0, 0.05) is 17.0 Å². The van der Waals surface area contributed by atoms with Crippen molar-refractivity contribution in [3.05, 3.63) is 29.8 Å². The lowest BCUT2D eigenvalue weighted by Gasteiger charge is -2.17. The average Bonchev–Trinajstić information content (AvgIpc) is 2.46. The van der Waals surface area contributed by atoms with Gasteiger partial charge in [-0.3, -0.25) is 9.78 Å². The van der Waals surface area contributed by atoms with Crippen LogP contribution in [0.1, 0.15) is 78.2 Å². The van der Waals surface area contributed by atoms with Gasteiger partial charge in [-0.15, -0.1) is 0 Å². The molecule has 0 aliphatic carbocycles. The number of para-hydroxylation sites is 1. The summed E-state index contributed by atoms with van der Waals surface area (Å²) in [7, 11) is 0. The van der Waals surface area contributed by atoms with Crippen molar-refractivity contribution in [1.82, 2.24) is 0 Å². The molecule has 0 aromatic heterocycles. The molecular weight excluding hydrogens is 292 g/mol. The Morgan fingerprint density at radius 3 is 2.43 bits per heavy atom. The predicted octanol–water partition coefficient (Wildman–Crippen LogP) is 5.58. The fourth-order valence-electron chi connectivity index (χ4n) is 2.27. The molecule has 0 heterocycles. The van der Waals surface area contributed by atoms with Crippen LogP contribution in [0.25, 0.3) is 0 Å². The molecule has 0 atom stereocenters. The van der Waals surface area contributed by atoms with Gasteiger partial charge < -0.3 is 0 Å². The first kappa shape index (κ1) is 19.5. The Hall–Kier alpha value is -1.55. The molecule has 0 N–H and O–H groups in total. The van der Waals surface area contributed by atoms with E-state index >= 15 is 0 Å². The molecule has 0 bridgehead atoms. The van der Waals surface area contributed by atoms with E-state index in [0.717, 1.165) is 31.2 Å². The fraction of sp³-hybridized carbons (Fsp3) is 0.632. The zero-order valence-corrected chi connectivity index (χ0v) is 15.1. The van der Waals surface area contributed by atoms with E-state index in [-0.39, 0.29) is 0 Å². The second kappa shape index (κ2) is 9.56. The van der Waals surface area contributed by atoms with Crippen molar-refractivity contribution in [3.63, 3.8) is 0 Å². The summed E-state index contributed by atoms with van der Waals surface area (Å²) < 4.78 is 0. The fourth-order valence-corrected chi connectivity index (χ4v) is 2.27. The molecule has 4 nitrogen and oxygen atoms in total. The van der Waals surface area contributed by atoms with E-state index in [0.29, 0.717) is 23.5 Å². The molecule has 1 rings (SSSR count). The van der Waals surface area contributed by atoms with Crippen molar-refractivity contribution < 1.29 is 19.6 Å². The Balaban J connectivity index is 2.20. The summed E-state index contributed by atoms with van der Waals surface area (Å²) in [4.78, 5) is 21.4. The molecule has 1 aromatic rings. The number of rotatable bonds is 9. The maximum atomic E-state index is 11.6. The summed E-state index contributed by atoms with van der Waals surface area (Å²) in [5.74, 6) is 0.469. The molecule has 0 fully saturated rings. The smallest absolute Gasteiger partial charge is 0.299 e. The van der Waals surface area contributed by atoms with Crippen molar-refractivity contribution in [2.24, 2.45) is 5.41 Å². The van der Waals surface area contributed by atoms with Gasteiger partial charge in [0.1, 0.15) is 0 Å². The molecule has 4 heteroatoms. The van der Waals surface area contributed by atoms with Crippen molar-refractivity contribution in [1.29, 1.82) is 0 Å². The lowest BCUT2D eigenvalue weighted by atomic mass is 9.89. The van der Waals surface area contributed by atoms with E-state index in [2.05, 4.69) is 44.5 Å². The third-order valence-corrected chi connectivity index (χ3v) is 3.60. The van der Waals surface area contributed by atoms with Gasteiger partial charge >= 0.3 is 5.97 Å². The van der Waals surface area contributed by atoms with E-state index in [1.54, 1.807) is 6.07 Å². The van der Waals surface area contributed by atoms with Crippen LogP contribution in [0, 0.1) is 5.41 Å². The molecule has 0 aliphatic heterocycles. The topological polar surface area (TPSA) is 44.8 Å². The van der Waals surface area contributed by atoms with Crippen LogP contribution in [0.2, 0.25) is 0 Å². The van der Waals surface area contributed by atoms with Crippen LogP contribution < -0.4 is 4.89 Å². The number of carbonyl (C=O) groups is 1. The summed E-state index contributed by atoms with van der Waals surface area (Å²) >= 11 is 0. The highest BCUT2D eigenvalue weighted by Crippen LogP contribution is 2.26. The number of unbranched alkanes of at least 4 members (excludes halogenated alkanes) is 2. The van der Waals surface area contributed by atoms with Crippen LogP contribution in [0.3, 0.4) is 0 Å². The largest absolute Gasteiger partial charge is 0.346 e. The highest BCUT2D eigenvalue weighted by molar-refractivity contribution is 5.68. The Kier molecular flexibility index (Phi) is 8.10. The standard InChI is InChI=1S/C19H30O4/c1-15(2)16-11-8-9-12-17(16)21-23-22-18(20)13-7-6-10-14-19(3,4)5/h8-9,11-12,15H,6-7,10,13-14H2,1-5H3. The Morgan fingerprint density at radius 2 is 1.78 bits per heavy atom. The first-order valence-corrected chi connectivity index (χ1v) is 8.42. The van der Waals surface area contributed by atoms with Gasteiger partial charge in [0.15, 0.2) is 5.75 Å². The third-order valence-electron chi connectivity index (χ3n) is 3.60. The van der Waals surface area contributed by atoms with Gasteiger partial charge in [-0.25, -0.2) is 4.79 Å². The highest BCUT2D eigenvalue weighted by atomic mass is 17.5. The number of hydrogen-bond acceptors (Lipinski definition) is 4. The van der Waals surface area contributed by atoms with Crippen LogP contribution in [0.4, 0.5) is 0 Å². The lowest BCUT2D eigenvalue weighted by molar-refractivity contribution is -0.437. The minimum absolute atomic E-state index is 0.299. The summed E-state index contributed by atoms with van der Waals surface area (Å²) in [5.41, 5.74) is 1.35. The van der Waals surface area contributed by atoms with Gasteiger partial charge in [0.2, 0.25) is 0 Å². The molecular formula is C19H30O4. The molecule has 0 saturated carbocycles. The maximum absolute atomic E-state index is 11.6. The Morgan fingerprint density at radius 1 is 1.09 bits per heavy atom. The van der Waals surface area contributed by atoms with Gasteiger partial charge in [0.25, 0.3) is 0 Å². The van der Waals surface area contributed by atoms with Crippen LogP contribution >= 0.6 is 0 Å². The molecule has 0 unspecified atom stereocenters. The Labute approximate surface area is 140 Å². The first-order chi connectivity index (χ1) is 10.8. The van der Waals surface area contributed by atoms with Gasteiger partial charge in [-0.05, 0) is 30.2 Å². The first-order valence-electron chi connectivity index (χ1n) is 8.42. The van der Waals surface area contributed by atoms with E-state index in [1.807, 2.05) is 18.2 Å². The summed E-state index contributed by atoms with van der Waals surface area (Å²) in [6.07, 6.45) is 4.45. The van der Waals surface area contributed by atoms with Crippen molar-refractivity contribution in [2.75, 3.05) is 0 Å². The minimum atomic E-state index is -0.400. The van der Waals surface area contributed by atoms with Crippen LogP contribution in [-0.2, 0) is 14.7 Å². The molecule has 0 spiro atoms. The monoisotopic (exact) mass is 322 g/mol. The SMILES string of the molecule is CC(C)c1ccccc1OOOC(=O)CCCCCC(C)(C)C. The van der Waals surface area contributed by atoms with E-state index in [1.165, 1.54) is 0 Å². The minimum Gasteiger partial charge on any atom is -0.299 e. The van der Waals surface area contributed by atoms with Crippen molar-refractivity contribution in [2.45, 2.75) is 72.6 Å². The molecule has 130 valence electrons. The van der Waals surface area contributed by atoms with E-state index in [4.69, 9.17) is 4.89 Å². The highest BCUT2D eigenvalue weighted by Gasteiger charge is 2.11. The van der Waals surface area contributed by atoms with Gasteiger partial charge in [-0.1, -0.05) is 65.7 Å². The van der Waals surface area contributed by atoms with Crippen LogP contribution in [-0.4, -0.2) is 5.97 Å². The molecule has 23 heavy (non-hydrogen) atoms. The average molecular weight is 322 g/mol. The van der Waals surface area contributed by atoms with Crippen molar-refractivity contribution in [3.8, 4) is 5.75 Å². The lowest BCUT2D eigenvalue weighted by Crippen LogP contribution is -2.09. The van der Waals surface area contributed by atoms with Crippen LogP contribution in [0.5, 0.6) is 5.75 Å². The van der Waals surface area contributed by atoms with Crippen LogP contribution in [0.15, 0.2) is 24.3 Å². The van der Waals surface area contributed by atoms with Gasteiger partial charge in [-0.2, -0.15) is 0 Å². The zero-order chi connectivity index (χ0) is 17.3. The predicted molar refractivity (Wildman–Crippen MR) is 90.9 cm³/mol. The molecule has 1 aromatic carbocycles. The van der Waals surface area contributed by atoms with E-state index < -0.39 is 5.97 Å². The number of carbonyl (C=O) groups excluding carboxylic acids is 1. The second-order valence-electron chi connectivity index (χ2n) is 7.42. The summed E-state index contributed by atoms with van der Waals surface area (Å²) in [6, 6.07) is 7.53. The summed E-state index contributed by atoms with van der Waals surface area (Å²) in [5, 5.41) is 4.63. The second-order valence-corrected chi connectivity index (χ2v) is 7.42. The van der Waals surface area contributed by atoms with Gasteiger partial charge in [0.05, 0.1) is 0 Å². The van der Waals surface area contributed by atoms with Crippen molar-refractivity contribution >= 4 is 5.97 Å². The maximum Gasteiger partial charge on any atom is 0.346 e. The quantitative estimate of drug-likeness (QED) is 0.338. The molecule has 0 amide bonds. The normalized spacial score (nSPS) is 11.6. The zero-order valence-electron chi connectivity index (χ0n) is 15.1. The molecule has 0 radical (unpaired) electrons. The molecule has 0 saturated heterocycles. The summed E-state index contributed by atoms with van der Waals surface area (Å²) in [6.45, 7) is 10.8. The third kappa shape index (κ3) is 8.60.